The van der Waals surface area contributed by atoms with E-state index in [9.17, 15) is 8.42 Å². The van der Waals surface area contributed by atoms with E-state index in [0.29, 0.717) is 0 Å². The van der Waals surface area contributed by atoms with Crippen LogP contribution in [0.4, 0.5) is 5.69 Å². The van der Waals surface area contributed by atoms with Crippen LogP contribution in [0, 0.1) is 0 Å². The largest absolute Gasteiger partial charge is 0.397 e. The third kappa shape index (κ3) is 8.15. The first-order valence-electron chi connectivity index (χ1n) is 6.76. The Morgan fingerprint density at radius 2 is 1.96 bits per heavy atom. The number of likely N-dealkylation sites (N-methyl/N-ethyl adjacent to an activating group) is 1. The number of benzene rings is 1. The number of para-hydroxylation sites is 1. The van der Waals surface area contributed by atoms with Crippen LogP contribution in [0.1, 0.15) is 0 Å². The Hall–Kier alpha value is -2.16. The average molecular weight is 339 g/mol. The van der Waals surface area contributed by atoms with E-state index in [4.69, 9.17) is 4.55 Å². The van der Waals surface area contributed by atoms with Gasteiger partial charge >= 0.3 is 10.4 Å². The lowest BCUT2D eigenvalue weighted by Crippen LogP contribution is -2.14. The molecule has 0 fully saturated rings. The molecule has 0 saturated carbocycles. The predicted octanol–water partition coefficient (Wildman–Crippen LogP) is 1.93. The molecule has 0 radical (unpaired) electrons. The molecule has 1 aromatic carbocycles. The Kier molecular flexibility index (Phi) is 7.46. The molecule has 0 unspecified atom stereocenters. The van der Waals surface area contributed by atoms with Crippen molar-refractivity contribution in [3.8, 4) is 0 Å². The molecule has 1 N–H and O–H groups in total. The summed E-state index contributed by atoms with van der Waals surface area (Å²) < 4.78 is 29.7. The highest BCUT2D eigenvalue weighted by molar-refractivity contribution is 7.80. The Bertz CT molecular complexity index is 669. The molecule has 8 heteroatoms. The number of nitrogens with zero attached hydrogens (tertiary/aromatic N) is 3. The molecule has 0 amide bonds. The molecule has 0 spiro atoms. The zero-order valence-electron chi connectivity index (χ0n) is 13.3. The van der Waals surface area contributed by atoms with Crippen molar-refractivity contribution in [2.75, 3.05) is 32.8 Å². The van der Waals surface area contributed by atoms with Crippen molar-refractivity contribution < 1.29 is 17.2 Å². The van der Waals surface area contributed by atoms with Crippen LogP contribution >= 0.6 is 0 Å². The van der Waals surface area contributed by atoms with Gasteiger partial charge in [-0.15, -0.1) is 0 Å². The van der Waals surface area contributed by atoms with Crippen LogP contribution in [0.25, 0.3) is 0 Å². The topological polar surface area (TPSA) is 82.4 Å². The lowest BCUT2D eigenvalue weighted by atomic mass is 10.2. The van der Waals surface area contributed by atoms with Gasteiger partial charge in [-0.05, 0) is 30.0 Å². The molecule has 1 heterocycles. The molecule has 23 heavy (non-hydrogen) atoms. The van der Waals surface area contributed by atoms with Gasteiger partial charge in [0.25, 0.3) is 0 Å². The third-order valence-electron chi connectivity index (χ3n) is 2.86. The summed E-state index contributed by atoms with van der Waals surface area (Å²) in [6, 6.07) is 10.1. The van der Waals surface area contributed by atoms with Crippen LogP contribution in [0.15, 0.2) is 59.4 Å². The molecule has 0 aromatic heterocycles. The van der Waals surface area contributed by atoms with E-state index in [1.165, 1.54) is 0 Å². The van der Waals surface area contributed by atoms with E-state index in [1.54, 1.807) is 0 Å². The molecule has 7 nitrogen and oxygen atoms in total. The van der Waals surface area contributed by atoms with E-state index in [2.05, 4.69) is 39.6 Å². The molecule has 126 valence electrons. The van der Waals surface area contributed by atoms with Gasteiger partial charge in [0.1, 0.15) is 0 Å². The minimum atomic E-state index is -4.16. The van der Waals surface area contributed by atoms with E-state index in [0.717, 1.165) is 24.9 Å². The Balaban J connectivity index is 0.000000379. The van der Waals surface area contributed by atoms with Gasteiger partial charge in [0.15, 0.2) is 0 Å². The van der Waals surface area contributed by atoms with E-state index in [1.807, 2.05) is 48.6 Å². The van der Waals surface area contributed by atoms with Crippen molar-refractivity contribution in [3.63, 3.8) is 0 Å². The van der Waals surface area contributed by atoms with Crippen LogP contribution < -0.4 is 5.01 Å². The molecule has 1 aromatic rings. The number of hydrogen-bond donors (Lipinski definition) is 1. The van der Waals surface area contributed by atoms with Crippen molar-refractivity contribution in [2.24, 2.45) is 5.10 Å². The van der Waals surface area contributed by atoms with Crippen molar-refractivity contribution in [1.82, 2.24) is 4.90 Å². The quantitative estimate of drug-likeness (QED) is 0.513. The number of hydrazone groups is 1. The van der Waals surface area contributed by atoms with Gasteiger partial charge in [0.2, 0.25) is 0 Å². The summed E-state index contributed by atoms with van der Waals surface area (Å²) in [5.41, 5.74) is 2.23. The zero-order valence-corrected chi connectivity index (χ0v) is 14.1. The van der Waals surface area contributed by atoms with Gasteiger partial charge in [-0.1, -0.05) is 24.3 Å². The summed E-state index contributed by atoms with van der Waals surface area (Å²) in [5.74, 6) is 0. The fourth-order valence-corrected chi connectivity index (χ4v) is 1.55. The SMILES string of the molecule is CN1C=CC(C=NN(C)c2ccccc2)=CC1.COS(=O)(=O)O. The summed E-state index contributed by atoms with van der Waals surface area (Å²) >= 11 is 0. The maximum atomic E-state index is 9.33. The molecule has 2 rings (SSSR count). The Morgan fingerprint density at radius 3 is 2.43 bits per heavy atom. The molecular weight excluding hydrogens is 318 g/mol. The smallest absolute Gasteiger partial charge is 0.377 e. The van der Waals surface area contributed by atoms with Gasteiger partial charge in [-0.2, -0.15) is 13.5 Å². The lowest BCUT2D eigenvalue weighted by Gasteiger charge is -2.16. The molecular formula is C15H21N3O4S. The summed E-state index contributed by atoms with van der Waals surface area (Å²) in [5, 5.41) is 6.28. The lowest BCUT2D eigenvalue weighted by molar-refractivity contribution is 0.324. The van der Waals surface area contributed by atoms with Crippen LogP contribution in [-0.4, -0.2) is 51.8 Å². The summed E-state index contributed by atoms with van der Waals surface area (Å²) in [6.45, 7) is 0.937. The van der Waals surface area contributed by atoms with Gasteiger partial charge < -0.3 is 4.90 Å². The third-order valence-corrected chi connectivity index (χ3v) is 3.28. The van der Waals surface area contributed by atoms with Crippen molar-refractivity contribution in [1.29, 1.82) is 0 Å². The second-order valence-electron chi connectivity index (χ2n) is 4.66. The second kappa shape index (κ2) is 9.09. The molecule has 1 aliphatic heterocycles. The normalized spacial score (nSPS) is 14.3. The molecule has 0 saturated heterocycles. The van der Waals surface area contributed by atoms with Gasteiger partial charge in [0, 0.05) is 20.6 Å². The Labute approximate surface area is 137 Å². The maximum absolute atomic E-state index is 9.33. The monoisotopic (exact) mass is 339 g/mol. The average Bonchev–Trinajstić information content (AvgIpc) is 2.55. The van der Waals surface area contributed by atoms with E-state index >= 15 is 0 Å². The molecule has 0 bridgehead atoms. The van der Waals surface area contributed by atoms with Crippen LogP contribution in [0.2, 0.25) is 0 Å². The zero-order chi connectivity index (χ0) is 17.3. The molecule has 0 aliphatic carbocycles. The summed E-state index contributed by atoms with van der Waals surface area (Å²) in [4.78, 5) is 2.12. The van der Waals surface area contributed by atoms with E-state index < -0.39 is 10.4 Å². The van der Waals surface area contributed by atoms with Crippen molar-refractivity contribution in [3.05, 3.63) is 54.3 Å². The van der Waals surface area contributed by atoms with Crippen LogP contribution in [0.3, 0.4) is 0 Å². The highest BCUT2D eigenvalue weighted by atomic mass is 32.3. The first-order chi connectivity index (χ1) is 10.8. The van der Waals surface area contributed by atoms with Crippen LogP contribution in [0.5, 0.6) is 0 Å². The van der Waals surface area contributed by atoms with E-state index in [-0.39, 0.29) is 0 Å². The predicted molar refractivity (Wildman–Crippen MR) is 91.7 cm³/mol. The Morgan fingerprint density at radius 1 is 1.35 bits per heavy atom. The fourth-order valence-electron chi connectivity index (χ4n) is 1.55. The number of allylic oxidation sites excluding steroid dienone is 2. The minimum absolute atomic E-state index is 0.870. The maximum Gasteiger partial charge on any atom is 0.397 e. The number of rotatable bonds is 4. The summed E-state index contributed by atoms with van der Waals surface area (Å²) in [7, 11) is 0.710. The standard InChI is InChI=1S/C14H17N3.CH4O4S/c1-16-10-8-13(9-11-16)12-15-17(2)14-6-4-3-5-7-14;1-5-6(2,3)4/h3-10,12H,11H2,1-2H3;1H3,(H,2,3,4). The molecule has 1 aliphatic rings. The van der Waals surface area contributed by atoms with Gasteiger partial charge in [-0.3, -0.25) is 13.7 Å². The van der Waals surface area contributed by atoms with Crippen LogP contribution in [-0.2, 0) is 14.6 Å². The second-order valence-corrected chi connectivity index (χ2v) is 5.85. The summed E-state index contributed by atoms with van der Waals surface area (Å²) in [6.07, 6.45) is 8.16. The minimum Gasteiger partial charge on any atom is -0.377 e. The first kappa shape index (κ1) is 18.9. The van der Waals surface area contributed by atoms with Gasteiger partial charge in [-0.25, -0.2) is 0 Å². The van der Waals surface area contributed by atoms with Crippen molar-refractivity contribution >= 4 is 22.3 Å². The highest BCUT2D eigenvalue weighted by Gasteiger charge is 1.99. The van der Waals surface area contributed by atoms with Crippen molar-refractivity contribution in [2.45, 2.75) is 0 Å². The number of anilines is 1. The fraction of sp³-hybridized carbons (Fsp3) is 0.267. The number of hydrogen-bond acceptors (Lipinski definition) is 6. The molecule has 0 atom stereocenters. The highest BCUT2D eigenvalue weighted by Crippen LogP contribution is 2.11. The van der Waals surface area contributed by atoms with Gasteiger partial charge in [0.05, 0.1) is 19.0 Å². The first-order valence-corrected chi connectivity index (χ1v) is 8.12.